The molecule has 1 aliphatic rings. The first-order valence-electron chi connectivity index (χ1n) is 7.45. The number of carbonyl (C=O) groups is 1. The maximum atomic E-state index is 13.5. The maximum absolute atomic E-state index is 13.5. The Hall–Kier alpha value is -2.90. The number of rotatable bonds is 5. The molecule has 1 heterocycles. The van der Waals surface area contributed by atoms with Gasteiger partial charge in [-0.1, -0.05) is 12.1 Å². The zero-order valence-electron chi connectivity index (χ0n) is 12.9. The van der Waals surface area contributed by atoms with E-state index in [1.807, 2.05) is 0 Å². The van der Waals surface area contributed by atoms with Crippen LogP contribution < -0.4 is 5.56 Å². The Morgan fingerprint density at radius 3 is 2.71 bits per heavy atom. The minimum Gasteiger partial charge on any atom is -0.294 e. The predicted molar refractivity (Wildman–Crippen MR) is 83.3 cm³/mol. The van der Waals surface area contributed by atoms with Crippen molar-refractivity contribution in [2.45, 2.75) is 26.3 Å². The molecule has 3 rings (SSSR count). The fraction of sp³-hybridized carbons (Fsp3) is 0.312. The van der Waals surface area contributed by atoms with E-state index >= 15 is 0 Å². The third-order valence-electron chi connectivity index (χ3n) is 3.89. The molecule has 1 aromatic carbocycles. The summed E-state index contributed by atoms with van der Waals surface area (Å²) in [5, 5.41) is 15.5. The molecule has 0 N–H and O–H groups in total. The van der Waals surface area contributed by atoms with Crippen LogP contribution in [0.5, 0.6) is 0 Å². The number of nitro groups is 1. The van der Waals surface area contributed by atoms with Gasteiger partial charge in [-0.05, 0) is 37.8 Å². The fourth-order valence-electron chi connectivity index (χ4n) is 2.57. The Labute approximate surface area is 135 Å². The molecule has 124 valence electrons. The van der Waals surface area contributed by atoms with Crippen molar-refractivity contribution in [1.82, 2.24) is 9.78 Å². The standard InChI is InChI=1S/C16H14FN3O4/c1-9(21)13-14(11-3-2-4-12(17)7-11)18-19(8-10-5-6-10)16(22)15(13)20(23)24/h2-4,7,10H,5-6,8H2,1H3. The summed E-state index contributed by atoms with van der Waals surface area (Å²) in [7, 11) is 0. The molecule has 8 heteroatoms. The van der Waals surface area contributed by atoms with Crippen molar-refractivity contribution in [1.29, 1.82) is 0 Å². The lowest BCUT2D eigenvalue weighted by molar-refractivity contribution is -0.386. The summed E-state index contributed by atoms with van der Waals surface area (Å²) in [6.45, 7) is 1.37. The molecular weight excluding hydrogens is 317 g/mol. The van der Waals surface area contributed by atoms with Gasteiger partial charge in [-0.15, -0.1) is 0 Å². The maximum Gasteiger partial charge on any atom is 0.348 e. The highest BCUT2D eigenvalue weighted by atomic mass is 19.1. The normalized spacial score (nSPS) is 13.8. The van der Waals surface area contributed by atoms with Crippen LogP contribution in [-0.4, -0.2) is 20.5 Å². The molecule has 2 aromatic rings. The predicted octanol–water partition coefficient (Wildman–Crippen LogP) is 2.57. The van der Waals surface area contributed by atoms with Crippen LogP contribution in [0.15, 0.2) is 29.1 Å². The topological polar surface area (TPSA) is 95.1 Å². The van der Waals surface area contributed by atoms with E-state index in [1.54, 1.807) is 0 Å². The molecule has 0 aliphatic heterocycles. The third-order valence-corrected chi connectivity index (χ3v) is 3.89. The Kier molecular flexibility index (Phi) is 3.96. The number of carbonyl (C=O) groups excluding carboxylic acids is 1. The van der Waals surface area contributed by atoms with Crippen molar-refractivity contribution in [2.24, 2.45) is 5.92 Å². The molecular formula is C16H14FN3O4. The summed E-state index contributed by atoms with van der Waals surface area (Å²) in [6, 6.07) is 5.25. The van der Waals surface area contributed by atoms with Crippen molar-refractivity contribution < 1.29 is 14.1 Å². The number of benzene rings is 1. The van der Waals surface area contributed by atoms with Crippen molar-refractivity contribution in [3.8, 4) is 11.3 Å². The average molecular weight is 331 g/mol. The van der Waals surface area contributed by atoms with Crippen LogP contribution in [0.3, 0.4) is 0 Å². The quantitative estimate of drug-likeness (QED) is 0.477. The molecule has 0 radical (unpaired) electrons. The van der Waals surface area contributed by atoms with Gasteiger partial charge in [0.15, 0.2) is 5.78 Å². The van der Waals surface area contributed by atoms with E-state index in [4.69, 9.17) is 0 Å². The molecule has 1 saturated carbocycles. The van der Waals surface area contributed by atoms with E-state index in [9.17, 15) is 24.1 Å². The lowest BCUT2D eigenvalue weighted by Gasteiger charge is -2.11. The zero-order valence-corrected chi connectivity index (χ0v) is 12.9. The van der Waals surface area contributed by atoms with Crippen LogP contribution in [0.1, 0.15) is 30.1 Å². The van der Waals surface area contributed by atoms with Crippen LogP contribution >= 0.6 is 0 Å². The van der Waals surface area contributed by atoms with Gasteiger partial charge in [-0.3, -0.25) is 19.7 Å². The van der Waals surface area contributed by atoms with E-state index in [2.05, 4.69) is 5.10 Å². The van der Waals surface area contributed by atoms with Crippen molar-refractivity contribution in [3.63, 3.8) is 0 Å². The molecule has 1 fully saturated rings. The number of hydrogen-bond acceptors (Lipinski definition) is 5. The monoisotopic (exact) mass is 331 g/mol. The van der Waals surface area contributed by atoms with E-state index in [1.165, 1.54) is 18.2 Å². The number of aromatic nitrogens is 2. The van der Waals surface area contributed by atoms with Gasteiger partial charge in [0.1, 0.15) is 17.1 Å². The molecule has 7 nitrogen and oxygen atoms in total. The Morgan fingerprint density at radius 1 is 1.46 bits per heavy atom. The van der Waals surface area contributed by atoms with Gasteiger partial charge in [-0.2, -0.15) is 5.10 Å². The fourth-order valence-corrected chi connectivity index (χ4v) is 2.57. The first kappa shape index (κ1) is 16.0. The summed E-state index contributed by atoms with van der Waals surface area (Å²) in [5.74, 6) is -0.978. The van der Waals surface area contributed by atoms with E-state index in [0.717, 1.165) is 30.5 Å². The highest BCUT2D eigenvalue weighted by Gasteiger charge is 2.32. The summed E-state index contributed by atoms with van der Waals surface area (Å²) in [5.41, 5.74) is -1.93. The van der Waals surface area contributed by atoms with Crippen LogP contribution in [0.2, 0.25) is 0 Å². The van der Waals surface area contributed by atoms with E-state index in [0.29, 0.717) is 0 Å². The number of nitrogens with zero attached hydrogens (tertiary/aromatic N) is 3. The summed E-state index contributed by atoms with van der Waals surface area (Å²) >= 11 is 0. The van der Waals surface area contributed by atoms with E-state index < -0.39 is 27.8 Å². The van der Waals surface area contributed by atoms with Crippen LogP contribution in [-0.2, 0) is 6.54 Å². The van der Waals surface area contributed by atoms with Gasteiger partial charge in [0.05, 0.1) is 4.92 Å². The SMILES string of the molecule is CC(=O)c1c(-c2cccc(F)c2)nn(CC2CC2)c(=O)c1[N+](=O)[O-]. The highest BCUT2D eigenvalue weighted by Crippen LogP contribution is 2.31. The smallest absolute Gasteiger partial charge is 0.294 e. The van der Waals surface area contributed by atoms with Gasteiger partial charge in [-0.25, -0.2) is 9.07 Å². The number of halogens is 1. The second-order valence-corrected chi connectivity index (χ2v) is 5.83. The minimum absolute atomic E-state index is 0.0473. The van der Waals surface area contributed by atoms with Gasteiger partial charge in [0, 0.05) is 12.1 Å². The molecule has 0 amide bonds. The van der Waals surface area contributed by atoms with Gasteiger partial charge < -0.3 is 0 Å². The van der Waals surface area contributed by atoms with Crippen LogP contribution in [0.4, 0.5) is 10.1 Å². The molecule has 24 heavy (non-hydrogen) atoms. The zero-order chi connectivity index (χ0) is 17.4. The van der Waals surface area contributed by atoms with Crippen molar-refractivity contribution in [2.75, 3.05) is 0 Å². The Morgan fingerprint density at radius 2 is 2.17 bits per heavy atom. The highest BCUT2D eigenvalue weighted by molar-refractivity contribution is 6.03. The first-order chi connectivity index (χ1) is 11.4. The molecule has 1 aromatic heterocycles. The molecule has 0 unspecified atom stereocenters. The second-order valence-electron chi connectivity index (χ2n) is 5.83. The van der Waals surface area contributed by atoms with Gasteiger partial charge in [0.25, 0.3) is 0 Å². The molecule has 0 saturated heterocycles. The summed E-state index contributed by atoms with van der Waals surface area (Å²) < 4.78 is 14.5. The summed E-state index contributed by atoms with van der Waals surface area (Å²) in [6.07, 6.45) is 1.84. The minimum atomic E-state index is -0.905. The Balaban J connectivity index is 2.32. The first-order valence-corrected chi connectivity index (χ1v) is 7.45. The average Bonchev–Trinajstić information content (AvgIpc) is 3.32. The van der Waals surface area contributed by atoms with E-state index in [-0.39, 0.29) is 29.3 Å². The van der Waals surface area contributed by atoms with Gasteiger partial charge in [0.2, 0.25) is 0 Å². The molecule has 0 spiro atoms. The van der Waals surface area contributed by atoms with Gasteiger partial charge >= 0.3 is 11.2 Å². The molecule has 0 bridgehead atoms. The number of Topliss-reactive ketones (excluding diaryl/α,β-unsaturated/α-hetero) is 1. The third kappa shape index (κ3) is 2.94. The number of hydrogen-bond donors (Lipinski definition) is 0. The summed E-state index contributed by atoms with van der Waals surface area (Å²) in [4.78, 5) is 34.9. The molecule has 0 atom stereocenters. The largest absolute Gasteiger partial charge is 0.348 e. The van der Waals surface area contributed by atoms with Crippen molar-refractivity contribution >= 4 is 11.5 Å². The number of ketones is 1. The molecule has 1 aliphatic carbocycles. The Bertz CT molecular complexity index is 903. The lowest BCUT2D eigenvalue weighted by Crippen LogP contribution is -2.29. The van der Waals surface area contributed by atoms with Crippen LogP contribution in [0, 0.1) is 21.8 Å². The second kappa shape index (κ2) is 5.95. The van der Waals surface area contributed by atoms with Crippen molar-refractivity contribution in [3.05, 3.63) is 56.1 Å². The van der Waals surface area contributed by atoms with Crippen LogP contribution in [0.25, 0.3) is 11.3 Å². The lowest BCUT2D eigenvalue weighted by atomic mass is 10.0.